The van der Waals surface area contributed by atoms with E-state index in [9.17, 15) is 19.3 Å². The number of benzene rings is 1. The van der Waals surface area contributed by atoms with Gasteiger partial charge in [0.15, 0.2) is 0 Å². The van der Waals surface area contributed by atoms with Crippen LogP contribution < -0.4 is 5.56 Å². The molecule has 0 saturated carbocycles. The highest BCUT2D eigenvalue weighted by Gasteiger charge is 2.13. The smallest absolute Gasteiger partial charge is 0.270 e. The van der Waals surface area contributed by atoms with Crippen molar-refractivity contribution in [2.45, 2.75) is 6.92 Å². The van der Waals surface area contributed by atoms with Gasteiger partial charge in [0.2, 0.25) is 5.56 Å². The summed E-state index contributed by atoms with van der Waals surface area (Å²) in [6.45, 7) is 1.65. The fraction of sp³-hybridized carbons (Fsp3) is 0.0833. The second-order valence-corrected chi connectivity index (χ2v) is 3.84. The molecule has 1 aromatic carbocycles. The van der Waals surface area contributed by atoms with Crippen molar-refractivity contribution in [2.24, 2.45) is 0 Å². The van der Waals surface area contributed by atoms with Crippen LogP contribution in [0, 0.1) is 22.9 Å². The SMILES string of the molecule is Cc1cc(-c2cc([N+](=O)[O-])ccc2F)cc(=O)[nH]1. The molecule has 0 aliphatic carbocycles. The number of rotatable bonds is 2. The standard InChI is InChI=1S/C12H9FN2O3/c1-7-4-8(5-12(16)14-7)10-6-9(15(17)18)2-3-11(10)13/h2-6H,1H3,(H,14,16). The van der Waals surface area contributed by atoms with Gasteiger partial charge in [0, 0.05) is 29.5 Å². The van der Waals surface area contributed by atoms with Gasteiger partial charge < -0.3 is 4.98 Å². The highest BCUT2D eigenvalue weighted by atomic mass is 19.1. The molecular weight excluding hydrogens is 239 g/mol. The van der Waals surface area contributed by atoms with Gasteiger partial charge in [-0.3, -0.25) is 14.9 Å². The third-order valence-electron chi connectivity index (χ3n) is 2.45. The van der Waals surface area contributed by atoms with Crippen LogP contribution in [0.15, 0.2) is 35.1 Å². The first kappa shape index (κ1) is 12.0. The molecule has 0 aliphatic rings. The van der Waals surface area contributed by atoms with E-state index in [0.717, 1.165) is 18.2 Å². The Labute approximate surface area is 101 Å². The largest absolute Gasteiger partial charge is 0.326 e. The molecule has 0 atom stereocenters. The molecule has 1 N–H and O–H groups in total. The molecule has 0 amide bonds. The number of aromatic amines is 1. The number of nitro groups is 1. The van der Waals surface area contributed by atoms with Crippen LogP contribution in [0.2, 0.25) is 0 Å². The van der Waals surface area contributed by atoms with Crippen molar-refractivity contribution in [1.29, 1.82) is 0 Å². The average molecular weight is 248 g/mol. The number of nitro benzene ring substituents is 1. The van der Waals surface area contributed by atoms with E-state index in [0.29, 0.717) is 11.3 Å². The lowest BCUT2D eigenvalue weighted by molar-refractivity contribution is -0.384. The molecule has 0 fully saturated rings. The second kappa shape index (κ2) is 4.40. The van der Waals surface area contributed by atoms with E-state index >= 15 is 0 Å². The average Bonchev–Trinajstić information content (AvgIpc) is 2.27. The van der Waals surface area contributed by atoms with Crippen molar-refractivity contribution < 1.29 is 9.31 Å². The lowest BCUT2D eigenvalue weighted by Crippen LogP contribution is -2.06. The summed E-state index contributed by atoms with van der Waals surface area (Å²) in [5.41, 5.74) is 0.319. The molecule has 0 radical (unpaired) electrons. The maximum Gasteiger partial charge on any atom is 0.270 e. The monoisotopic (exact) mass is 248 g/mol. The minimum atomic E-state index is -0.608. The Hall–Kier alpha value is -2.50. The lowest BCUT2D eigenvalue weighted by atomic mass is 10.0. The molecule has 92 valence electrons. The van der Waals surface area contributed by atoms with Crippen LogP contribution in [-0.4, -0.2) is 9.91 Å². The van der Waals surface area contributed by atoms with Crippen LogP contribution >= 0.6 is 0 Å². The van der Waals surface area contributed by atoms with Crippen LogP contribution in [0.5, 0.6) is 0 Å². The molecule has 1 heterocycles. The zero-order valence-corrected chi connectivity index (χ0v) is 9.44. The van der Waals surface area contributed by atoms with Crippen molar-refractivity contribution in [3.05, 3.63) is 62.3 Å². The van der Waals surface area contributed by atoms with Crippen LogP contribution in [0.1, 0.15) is 5.69 Å². The van der Waals surface area contributed by atoms with E-state index in [2.05, 4.69) is 4.98 Å². The van der Waals surface area contributed by atoms with E-state index in [-0.39, 0.29) is 16.8 Å². The topological polar surface area (TPSA) is 76.0 Å². The van der Waals surface area contributed by atoms with E-state index in [1.165, 1.54) is 6.07 Å². The van der Waals surface area contributed by atoms with Gasteiger partial charge in [-0.05, 0) is 24.6 Å². The van der Waals surface area contributed by atoms with Crippen molar-refractivity contribution in [2.75, 3.05) is 0 Å². The molecule has 18 heavy (non-hydrogen) atoms. The molecule has 1 aromatic heterocycles. The number of hydrogen-bond acceptors (Lipinski definition) is 3. The van der Waals surface area contributed by atoms with Crippen LogP contribution in [0.3, 0.4) is 0 Å². The van der Waals surface area contributed by atoms with Gasteiger partial charge in [-0.25, -0.2) is 4.39 Å². The molecule has 6 heteroatoms. The summed E-state index contributed by atoms with van der Waals surface area (Å²) in [4.78, 5) is 23.9. The van der Waals surface area contributed by atoms with E-state index in [1.54, 1.807) is 13.0 Å². The number of non-ortho nitro benzene ring substituents is 1. The first-order chi connectivity index (χ1) is 8.47. The van der Waals surface area contributed by atoms with E-state index in [4.69, 9.17) is 0 Å². The predicted molar refractivity (Wildman–Crippen MR) is 63.8 cm³/mol. The number of halogens is 1. The maximum absolute atomic E-state index is 13.6. The number of hydrogen-bond donors (Lipinski definition) is 1. The van der Waals surface area contributed by atoms with Crippen LogP contribution in [-0.2, 0) is 0 Å². The molecule has 5 nitrogen and oxygen atoms in total. The molecule has 0 bridgehead atoms. The first-order valence-corrected chi connectivity index (χ1v) is 5.12. The van der Waals surface area contributed by atoms with Gasteiger partial charge in [-0.1, -0.05) is 0 Å². The molecule has 0 unspecified atom stereocenters. The second-order valence-electron chi connectivity index (χ2n) is 3.84. The Balaban J connectivity index is 2.65. The highest BCUT2D eigenvalue weighted by molar-refractivity contribution is 5.66. The molecule has 2 rings (SSSR count). The number of nitrogens with zero attached hydrogens (tertiary/aromatic N) is 1. The Kier molecular flexibility index (Phi) is 2.93. The van der Waals surface area contributed by atoms with E-state index in [1.807, 2.05) is 0 Å². The van der Waals surface area contributed by atoms with Crippen molar-refractivity contribution in [3.8, 4) is 11.1 Å². The first-order valence-electron chi connectivity index (χ1n) is 5.12. The number of aromatic nitrogens is 1. The Bertz CT molecular complexity index is 679. The molecule has 0 aliphatic heterocycles. The minimum Gasteiger partial charge on any atom is -0.326 e. The number of H-pyrrole nitrogens is 1. The summed E-state index contributed by atoms with van der Waals surface area (Å²) in [7, 11) is 0. The van der Waals surface area contributed by atoms with Gasteiger partial charge in [0.1, 0.15) is 5.82 Å². The van der Waals surface area contributed by atoms with Gasteiger partial charge in [0.05, 0.1) is 4.92 Å². The summed E-state index contributed by atoms with van der Waals surface area (Å²) in [5, 5.41) is 10.6. The minimum absolute atomic E-state index is 0.0402. The predicted octanol–water partition coefficient (Wildman–Crippen LogP) is 2.40. The van der Waals surface area contributed by atoms with Crippen LogP contribution in [0.4, 0.5) is 10.1 Å². The molecular formula is C12H9FN2O3. The summed E-state index contributed by atoms with van der Waals surface area (Å²) >= 11 is 0. The number of nitrogens with one attached hydrogen (secondary N) is 1. The third-order valence-corrected chi connectivity index (χ3v) is 2.45. The third kappa shape index (κ3) is 2.27. The molecule has 0 spiro atoms. The zero-order chi connectivity index (χ0) is 13.3. The Morgan fingerprint density at radius 3 is 2.61 bits per heavy atom. The number of pyridine rings is 1. The molecule has 2 aromatic rings. The van der Waals surface area contributed by atoms with Gasteiger partial charge >= 0.3 is 0 Å². The van der Waals surface area contributed by atoms with Gasteiger partial charge in [-0.15, -0.1) is 0 Å². The summed E-state index contributed by atoms with van der Waals surface area (Å²) < 4.78 is 13.6. The fourth-order valence-corrected chi connectivity index (χ4v) is 1.69. The summed E-state index contributed by atoms with van der Waals surface area (Å²) in [6, 6.07) is 5.98. The van der Waals surface area contributed by atoms with Crippen molar-refractivity contribution in [3.63, 3.8) is 0 Å². The zero-order valence-electron chi connectivity index (χ0n) is 9.44. The van der Waals surface area contributed by atoms with Crippen molar-refractivity contribution >= 4 is 5.69 Å². The molecule has 0 saturated heterocycles. The lowest BCUT2D eigenvalue weighted by Gasteiger charge is -2.04. The summed E-state index contributed by atoms with van der Waals surface area (Å²) in [5.74, 6) is -0.606. The van der Waals surface area contributed by atoms with Crippen molar-refractivity contribution in [1.82, 2.24) is 4.98 Å². The normalized spacial score (nSPS) is 10.3. The van der Waals surface area contributed by atoms with Gasteiger partial charge in [-0.2, -0.15) is 0 Å². The van der Waals surface area contributed by atoms with Gasteiger partial charge in [0.25, 0.3) is 5.69 Å². The highest BCUT2D eigenvalue weighted by Crippen LogP contribution is 2.26. The number of aryl methyl sites for hydroxylation is 1. The summed E-state index contributed by atoms with van der Waals surface area (Å²) in [6.07, 6.45) is 0. The van der Waals surface area contributed by atoms with Crippen LogP contribution in [0.25, 0.3) is 11.1 Å². The van der Waals surface area contributed by atoms with E-state index < -0.39 is 10.7 Å². The Morgan fingerprint density at radius 1 is 1.28 bits per heavy atom. The fourth-order valence-electron chi connectivity index (χ4n) is 1.69. The Morgan fingerprint density at radius 2 is 2.00 bits per heavy atom. The maximum atomic E-state index is 13.6. The quantitative estimate of drug-likeness (QED) is 0.654.